The van der Waals surface area contributed by atoms with Crippen LogP contribution in [0.4, 0.5) is 10.1 Å². The van der Waals surface area contributed by atoms with Crippen LogP contribution in [0.15, 0.2) is 24.3 Å². The Labute approximate surface area is 97.1 Å². The largest absolute Gasteiger partial charge is 0.380 e. The average Bonchev–Trinajstić information content (AvgIpc) is 2.25. The second-order valence-electron chi connectivity index (χ2n) is 5.13. The Morgan fingerprint density at radius 3 is 2.62 bits per heavy atom. The van der Waals surface area contributed by atoms with Crippen LogP contribution in [0.2, 0.25) is 0 Å². The summed E-state index contributed by atoms with van der Waals surface area (Å²) in [5.74, 6) is 1.30. The summed E-state index contributed by atoms with van der Waals surface area (Å²) in [5.41, 5.74) is 0.647. The summed E-state index contributed by atoms with van der Waals surface area (Å²) in [6.07, 6.45) is 3.64. The van der Waals surface area contributed by atoms with Crippen molar-refractivity contribution in [3.8, 4) is 0 Å². The molecule has 1 aromatic carbocycles. The third-order valence-electron chi connectivity index (χ3n) is 3.65. The molecular weight excluding hydrogens is 201 g/mol. The van der Waals surface area contributed by atoms with Crippen LogP contribution in [0, 0.1) is 17.7 Å². The van der Waals surface area contributed by atoms with Gasteiger partial charge in [0.1, 0.15) is 5.82 Å². The van der Waals surface area contributed by atoms with Crippen LogP contribution in [-0.2, 0) is 0 Å². The summed E-state index contributed by atoms with van der Waals surface area (Å²) >= 11 is 0. The van der Waals surface area contributed by atoms with Gasteiger partial charge in [-0.2, -0.15) is 0 Å². The lowest BCUT2D eigenvalue weighted by molar-refractivity contribution is 0.276. The molecule has 3 atom stereocenters. The topological polar surface area (TPSA) is 12.0 Å². The molecule has 16 heavy (non-hydrogen) atoms. The van der Waals surface area contributed by atoms with E-state index in [1.54, 1.807) is 6.07 Å². The molecule has 1 aromatic rings. The van der Waals surface area contributed by atoms with E-state index in [1.165, 1.54) is 18.9 Å². The first-order valence-corrected chi connectivity index (χ1v) is 6.18. The fourth-order valence-corrected chi connectivity index (χ4v) is 2.66. The summed E-state index contributed by atoms with van der Waals surface area (Å²) < 4.78 is 13.5. The van der Waals surface area contributed by atoms with Crippen LogP contribution < -0.4 is 5.32 Å². The molecule has 0 radical (unpaired) electrons. The molecule has 3 unspecified atom stereocenters. The standard InChI is InChI=1S/C14H20FN/c1-10-7-8-13(11(2)9-10)16-14-6-4-3-5-12(14)15/h3-6,10-11,13,16H,7-9H2,1-2H3. The van der Waals surface area contributed by atoms with Crippen molar-refractivity contribution < 1.29 is 4.39 Å². The lowest BCUT2D eigenvalue weighted by Crippen LogP contribution is -2.33. The van der Waals surface area contributed by atoms with Crippen molar-refractivity contribution in [3.63, 3.8) is 0 Å². The van der Waals surface area contributed by atoms with Crippen molar-refractivity contribution in [1.82, 2.24) is 0 Å². The van der Waals surface area contributed by atoms with Gasteiger partial charge in [0, 0.05) is 6.04 Å². The van der Waals surface area contributed by atoms with E-state index >= 15 is 0 Å². The number of para-hydroxylation sites is 1. The zero-order chi connectivity index (χ0) is 11.5. The molecule has 0 spiro atoms. The van der Waals surface area contributed by atoms with E-state index in [4.69, 9.17) is 0 Å². The van der Waals surface area contributed by atoms with E-state index in [1.807, 2.05) is 12.1 Å². The maximum Gasteiger partial charge on any atom is 0.146 e. The fourth-order valence-electron chi connectivity index (χ4n) is 2.66. The second kappa shape index (κ2) is 4.86. The van der Waals surface area contributed by atoms with Gasteiger partial charge in [-0.15, -0.1) is 0 Å². The average molecular weight is 221 g/mol. The van der Waals surface area contributed by atoms with Gasteiger partial charge in [-0.1, -0.05) is 26.0 Å². The van der Waals surface area contributed by atoms with Gasteiger partial charge in [0.2, 0.25) is 0 Å². The molecule has 1 N–H and O–H groups in total. The predicted octanol–water partition coefficient (Wildman–Crippen LogP) is 4.06. The van der Waals surface area contributed by atoms with Crippen molar-refractivity contribution in [2.24, 2.45) is 11.8 Å². The van der Waals surface area contributed by atoms with Crippen molar-refractivity contribution in [1.29, 1.82) is 0 Å². The summed E-state index contributed by atoms with van der Waals surface area (Å²) in [4.78, 5) is 0. The maximum absolute atomic E-state index is 13.5. The minimum atomic E-state index is -0.145. The molecule has 1 fully saturated rings. The number of halogens is 1. The highest BCUT2D eigenvalue weighted by atomic mass is 19.1. The van der Waals surface area contributed by atoms with Gasteiger partial charge in [0.05, 0.1) is 5.69 Å². The minimum absolute atomic E-state index is 0.145. The molecule has 0 bridgehead atoms. The Balaban J connectivity index is 2.02. The number of hydrogen-bond donors (Lipinski definition) is 1. The number of rotatable bonds is 2. The quantitative estimate of drug-likeness (QED) is 0.794. The van der Waals surface area contributed by atoms with Gasteiger partial charge in [-0.25, -0.2) is 4.39 Å². The van der Waals surface area contributed by atoms with Crippen molar-refractivity contribution >= 4 is 5.69 Å². The molecule has 2 heteroatoms. The summed E-state index contributed by atoms with van der Waals surface area (Å²) in [5, 5.41) is 3.34. The smallest absolute Gasteiger partial charge is 0.146 e. The first-order valence-electron chi connectivity index (χ1n) is 6.18. The molecule has 2 rings (SSSR count). The van der Waals surface area contributed by atoms with Gasteiger partial charge in [-0.05, 0) is 43.2 Å². The minimum Gasteiger partial charge on any atom is -0.380 e. The van der Waals surface area contributed by atoms with E-state index in [0.29, 0.717) is 17.6 Å². The van der Waals surface area contributed by atoms with Crippen molar-refractivity contribution in [2.75, 3.05) is 5.32 Å². The Bertz CT molecular complexity index is 350. The SMILES string of the molecule is CC1CCC(Nc2ccccc2F)C(C)C1. The van der Waals surface area contributed by atoms with Crippen LogP contribution in [-0.4, -0.2) is 6.04 Å². The van der Waals surface area contributed by atoms with Gasteiger partial charge in [-0.3, -0.25) is 0 Å². The summed E-state index contributed by atoms with van der Waals surface area (Å²) in [6.45, 7) is 4.56. The number of nitrogens with one attached hydrogen (secondary N) is 1. The number of anilines is 1. The zero-order valence-corrected chi connectivity index (χ0v) is 10.0. The van der Waals surface area contributed by atoms with Gasteiger partial charge < -0.3 is 5.32 Å². The number of benzene rings is 1. The van der Waals surface area contributed by atoms with Gasteiger partial charge >= 0.3 is 0 Å². The van der Waals surface area contributed by atoms with Crippen LogP contribution in [0.1, 0.15) is 33.1 Å². The van der Waals surface area contributed by atoms with E-state index in [0.717, 1.165) is 12.3 Å². The predicted molar refractivity (Wildman–Crippen MR) is 66.0 cm³/mol. The van der Waals surface area contributed by atoms with Crippen LogP contribution in [0.25, 0.3) is 0 Å². The van der Waals surface area contributed by atoms with Crippen LogP contribution in [0.3, 0.4) is 0 Å². The Kier molecular flexibility index (Phi) is 3.47. The highest BCUT2D eigenvalue weighted by Gasteiger charge is 2.25. The zero-order valence-electron chi connectivity index (χ0n) is 10.0. The van der Waals surface area contributed by atoms with E-state index in [9.17, 15) is 4.39 Å². The highest BCUT2D eigenvalue weighted by Crippen LogP contribution is 2.31. The third kappa shape index (κ3) is 2.55. The van der Waals surface area contributed by atoms with E-state index < -0.39 is 0 Å². The maximum atomic E-state index is 13.5. The Morgan fingerprint density at radius 1 is 1.19 bits per heavy atom. The molecule has 0 aromatic heterocycles. The lowest BCUT2D eigenvalue weighted by Gasteiger charge is -2.33. The molecule has 0 saturated heterocycles. The molecule has 0 aliphatic heterocycles. The Morgan fingerprint density at radius 2 is 1.94 bits per heavy atom. The lowest BCUT2D eigenvalue weighted by atomic mass is 9.80. The fraction of sp³-hybridized carbons (Fsp3) is 0.571. The first-order chi connectivity index (χ1) is 7.66. The van der Waals surface area contributed by atoms with E-state index in [2.05, 4.69) is 19.2 Å². The van der Waals surface area contributed by atoms with Crippen molar-refractivity contribution in [3.05, 3.63) is 30.1 Å². The summed E-state index contributed by atoms with van der Waals surface area (Å²) in [7, 11) is 0. The molecule has 1 aliphatic carbocycles. The van der Waals surface area contributed by atoms with E-state index in [-0.39, 0.29) is 5.82 Å². The first kappa shape index (κ1) is 11.4. The van der Waals surface area contributed by atoms with Crippen molar-refractivity contribution in [2.45, 2.75) is 39.2 Å². The normalized spacial score (nSPS) is 30.1. The molecule has 1 saturated carbocycles. The summed E-state index contributed by atoms with van der Waals surface area (Å²) in [6, 6.07) is 7.36. The molecule has 1 nitrogen and oxygen atoms in total. The highest BCUT2D eigenvalue weighted by molar-refractivity contribution is 5.45. The molecular formula is C14H20FN. The van der Waals surface area contributed by atoms with Crippen LogP contribution in [0.5, 0.6) is 0 Å². The van der Waals surface area contributed by atoms with Gasteiger partial charge in [0.25, 0.3) is 0 Å². The molecule has 1 aliphatic rings. The van der Waals surface area contributed by atoms with Gasteiger partial charge in [0.15, 0.2) is 0 Å². The number of hydrogen-bond acceptors (Lipinski definition) is 1. The molecule has 88 valence electrons. The Hall–Kier alpha value is -1.05. The molecule has 0 amide bonds. The second-order valence-corrected chi connectivity index (χ2v) is 5.13. The third-order valence-corrected chi connectivity index (χ3v) is 3.65. The van der Waals surface area contributed by atoms with Crippen LogP contribution >= 0.6 is 0 Å². The monoisotopic (exact) mass is 221 g/mol. The molecule has 0 heterocycles.